The molecule has 0 radical (unpaired) electrons. The van der Waals surface area contributed by atoms with Crippen molar-refractivity contribution in [3.63, 3.8) is 0 Å². The van der Waals surface area contributed by atoms with Gasteiger partial charge in [0.1, 0.15) is 11.7 Å². The fourth-order valence-corrected chi connectivity index (χ4v) is 2.92. The van der Waals surface area contributed by atoms with E-state index in [0.717, 1.165) is 0 Å². The zero-order chi connectivity index (χ0) is 19.7. The van der Waals surface area contributed by atoms with Gasteiger partial charge >= 0.3 is 11.9 Å². The molecule has 0 amide bonds. The van der Waals surface area contributed by atoms with E-state index < -0.39 is 43.0 Å². The lowest BCUT2D eigenvalue weighted by Crippen LogP contribution is -2.30. The van der Waals surface area contributed by atoms with Crippen molar-refractivity contribution in [1.82, 2.24) is 19.5 Å². The zero-order valence-electron chi connectivity index (χ0n) is 13.7. The number of alkyl halides is 1. The molecule has 1 aliphatic heterocycles. The van der Waals surface area contributed by atoms with Gasteiger partial charge in [-0.15, -0.1) is 0 Å². The minimum absolute atomic E-state index is 0.0370. The van der Waals surface area contributed by atoms with E-state index in [-0.39, 0.29) is 35.3 Å². The molecule has 0 saturated carbocycles. The summed E-state index contributed by atoms with van der Waals surface area (Å²) in [6.07, 6.45) is -4.41. The Kier molecular flexibility index (Phi) is 5.39. The van der Waals surface area contributed by atoms with Crippen LogP contribution >= 0.6 is 11.6 Å². The van der Waals surface area contributed by atoms with Gasteiger partial charge < -0.3 is 25.4 Å². The number of carboxylic acids is 2. The summed E-state index contributed by atoms with van der Waals surface area (Å²) in [7, 11) is 0. The van der Waals surface area contributed by atoms with Crippen molar-refractivity contribution >= 4 is 40.5 Å². The minimum Gasteiger partial charge on any atom is -0.481 e. The number of nitrogens with two attached hydrogens (primary N) is 1. The Morgan fingerprint density at radius 3 is 2.89 bits per heavy atom. The predicted molar refractivity (Wildman–Crippen MR) is 87.8 cm³/mol. The summed E-state index contributed by atoms with van der Waals surface area (Å²) in [6, 6.07) is 0. The first-order valence-electron chi connectivity index (χ1n) is 7.77. The van der Waals surface area contributed by atoms with Gasteiger partial charge in [0.05, 0.1) is 25.5 Å². The molecule has 0 aromatic carbocycles. The number of nitrogens with zero attached hydrogens (tertiary/aromatic N) is 4. The summed E-state index contributed by atoms with van der Waals surface area (Å²) in [5.41, 5.74) is 6.14. The SMILES string of the molecule is Nc1nc(Cl)nc2c1ncn2[C@@H]1O[C@H](COC(CC(=O)O)C(=O)O)C[C@@H]1F. The maximum Gasteiger partial charge on any atom is 0.333 e. The first-order chi connectivity index (χ1) is 12.8. The molecule has 13 heteroatoms. The second-order valence-electron chi connectivity index (χ2n) is 5.86. The standard InChI is InChI=1S/C14H15ClFN5O6/c15-14-19-10(17)9-11(20-14)21(4-18-9)12-6(16)1-5(27-12)3-26-7(13(24)25)2-8(22)23/h4-7,12H,1-3H2,(H,22,23)(H,24,25)(H2,17,19,20)/t5-,6-,7?,12+/m0/s1. The maximum absolute atomic E-state index is 14.5. The number of aliphatic carboxylic acids is 2. The summed E-state index contributed by atoms with van der Waals surface area (Å²) in [5, 5.41) is 17.5. The van der Waals surface area contributed by atoms with Gasteiger partial charge in [-0.05, 0) is 11.6 Å². The number of hydrogen-bond acceptors (Lipinski definition) is 8. The third-order valence-corrected chi connectivity index (χ3v) is 4.11. The van der Waals surface area contributed by atoms with Crippen LogP contribution in [0.25, 0.3) is 11.2 Å². The second kappa shape index (κ2) is 7.58. The normalized spacial score (nSPS) is 23.6. The predicted octanol–water partition coefficient (Wildman–Crippen LogP) is 0.632. The quantitative estimate of drug-likeness (QED) is 0.558. The second-order valence-corrected chi connectivity index (χ2v) is 6.20. The first kappa shape index (κ1) is 19.2. The molecule has 1 unspecified atom stereocenters. The summed E-state index contributed by atoms with van der Waals surface area (Å²) in [4.78, 5) is 33.5. The molecular formula is C14H15ClFN5O6. The van der Waals surface area contributed by atoms with Gasteiger partial charge in [0, 0.05) is 6.42 Å². The van der Waals surface area contributed by atoms with Gasteiger partial charge in [0.2, 0.25) is 5.28 Å². The number of halogens is 2. The highest BCUT2D eigenvalue weighted by atomic mass is 35.5. The van der Waals surface area contributed by atoms with Crippen molar-refractivity contribution in [2.45, 2.75) is 37.4 Å². The van der Waals surface area contributed by atoms with Crippen LogP contribution in [0.5, 0.6) is 0 Å². The molecule has 4 N–H and O–H groups in total. The van der Waals surface area contributed by atoms with Crippen LogP contribution in [0.1, 0.15) is 19.1 Å². The van der Waals surface area contributed by atoms with E-state index in [0.29, 0.717) is 0 Å². The number of hydrogen-bond donors (Lipinski definition) is 3. The van der Waals surface area contributed by atoms with Crippen LogP contribution in [0, 0.1) is 0 Å². The van der Waals surface area contributed by atoms with Crippen molar-refractivity contribution in [3.05, 3.63) is 11.6 Å². The smallest absolute Gasteiger partial charge is 0.333 e. The summed E-state index contributed by atoms with van der Waals surface area (Å²) in [6.45, 7) is -0.286. The molecule has 3 rings (SSSR count). The van der Waals surface area contributed by atoms with Gasteiger partial charge in [0.25, 0.3) is 0 Å². The van der Waals surface area contributed by atoms with Crippen LogP contribution in [-0.4, -0.2) is 66.7 Å². The van der Waals surface area contributed by atoms with Crippen molar-refractivity contribution in [1.29, 1.82) is 0 Å². The van der Waals surface area contributed by atoms with Gasteiger partial charge in [-0.1, -0.05) is 0 Å². The van der Waals surface area contributed by atoms with Crippen LogP contribution in [0.3, 0.4) is 0 Å². The van der Waals surface area contributed by atoms with Gasteiger partial charge in [-0.2, -0.15) is 9.97 Å². The highest BCUT2D eigenvalue weighted by molar-refractivity contribution is 6.28. The lowest BCUT2D eigenvalue weighted by Gasteiger charge is -2.17. The molecule has 27 heavy (non-hydrogen) atoms. The van der Waals surface area contributed by atoms with Gasteiger partial charge in [-0.25, -0.2) is 14.2 Å². The number of carboxylic acid groups (broad SMARTS) is 2. The Hall–Kier alpha value is -2.57. The molecule has 146 valence electrons. The third-order valence-electron chi connectivity index (χ3n) is 3.94. The van der Waals surface area contributed by atoms with E-state index in [9.17, 15) is 14.0 Å². The molecule has 1 aliphatic rings. The van der Waals surface area contributed by atoms with Gasteiger partial charge in [0.15, 0.2) is 23.8 Å². The van der Waals surface area contributed by atoms with Crippen molar-refractivity contribution < 1.29 is 33.7 Å². The number of imidazole rings is 1. The highest BCUT2D eigenvalue weighted by Gasteiger charge is 2.38. The Morgan fingerprint density at radius 2 is 2.22 bits per heavy atom. The Morgan fingerprint density at radius 1 is 1.48 bits per heavy atom. The molecule has 1 fully saturated rings. The summed E-state index contributed by atoms with van der Waals surface area (Å²) < 4.78 is 26.4. The fraction of sp³-hybridized carbons (Fsp3) is 0.500. The third kappa shape index (κ3) is 4.07. The lowest BCUT2D eigenvalue weighted by molar-refractivity contribution is -0.159. The summed E-state index contributed by atoms with van der Waals surface area (Å²) >= 11 is 5.78. The number of anilines is 1. The zero-order valence-corrected chi connectivity index (χ0v) is 14.4. The Bertz CT molecular complexity index is 879. The topological polar surface area (TPSA) is 163 Å². The van der Waals surface area contributed by atoms with Gasteiger partial charge in [-0.3, -0.25) is 9.36 Å². The fourth-order valence-electron chi connectivity index (χ4n) is 2.75. The number of carbonyl (C=O) groups is 2. The van der Waals surface area contributed by atoms with E-state index in [4.69, 9.17) is 37.0 Å². The minimum atomic E-state index is -1.55. The molecule has 1 saturated heterocycles. The molecule has 4 atom stereocenters. The van der Waals surface area contributed by atoms with Crippen molar-refractivity contribution in [3.8, 4) is 0 Å². The number of aromatic nitrogens is 4. The van der Waals surface area contributed by atoms with Crippen LogP contribution in [0.4, 0.5) is 10.2 Å². The van der Waals surface area contributed by atoms with Crippen molar-refractivity contribution in [2.24, 2.45) is 0 Å². The molecule has 0 aliphatic carbocycles. The lowest BCUT2D eigenvalue weighted by atomic mass is 10.2. The van der Waals surface area contributed by atoms with E-state index in [1.54, 1.807) is 0 Å². The molecular weight excluding hydrogens is 389 g/mol. The molecule has 3 heterocycles. The van der Waals surface area contributed by atoms with Crippen LogP contribution < -0.4 is 5.73 Å². The summed E-state index contributed by atoms with van der Waals surface area (Å²) in [5.74, 6) is -2.71. The van der Waals surface area contributed by atoms with E-state index in [1.807, 2.05) is 0 Å². The average molecular weight is 404 g/mol. The van der Waals surface area contributed by atoms with E-state index in [2.05, 4.69) is 15.0 Å². The van der Waals surface area contributed by atoms with E-state index >= 15 is 0 Å². The highest BCUT2D eigenvalue weighted by Crippen LogP contribution is 2.34. The molecule has 0 spiro atoms. The van der Waals surface area contributed by atoms with Crippen LogP contribution in [-0.2, 0) is 19.1 Å². The van der Waals surface area contributed by atoms with Crippen LogP contribution in [0.2, 0.25) is 5.28 Å². The molecule has 11 nitrogen and oxygen atoms in total. The maximum atomic E-state index is 14.5. The largest absolute Gasteiger partial charge is 0.481 e. The molecule has 2 aromatic heterocycles. The number of ether oxygens (including phenoxy) is 2. The Balaban J connectivity index is 1.72. The molecule has 2 aromatic rings. The number of rotatable bonds is 7. The van der Waals surface area contributed by atoms with Crippen molar-refractivity contribution in [2.75, 3.05) is 12.3 Å². The number of nitrogen functional groups attached to an aromatic ring is 1. The van der Waals surface area contributed by atoms with Crippen LogP contribution in [0.15, 0.2) is 6.33 Å². The average Bonchev–Trinajstić information content (AvgIpc) is 3.14. The molecule has 0 bridgehead atoms. The monoisotopic (exact) mass is 403 g/mol. The number of fused-ring (bicyclic) bond motifs is 1. The van der Waals surface area contributed by atoms with E-state index in [1.165, 1.54) is 10.9 Å². The first-order valence-corrected chi connectivity index (χ1v) is 8.15. The Labute approximate surface area is 155 Å².